The van der Waals surface area contributed by atoms with Crippen LogP contribution in [0.4, 0.5) is 5.69 Å². The highest BCUT2D eigenvalue weighted by Crippen LogP contribution is 2.22. The lowest BCUT2D eigenvalue weighted by atomic mass is 10.2. The van der Waals surface area contributed by atoms with Crippen molar-refractivity contribution in [1.82, 2.24) is 20.4 Å². The monoisotopic (exact) mass is 509 g/mol. The van der Waals surface area contributed by atoms with E-state index in [0.29, 0.717) is 26.8 Å². The number of para-hydroxylation sites is 1. The van der Waals surface area contributed by atoms with Gasteiger partial charge in [-0.1, -0.05) is 53.2 Å². The van der Waals surface area contributed by atoms with E-state index in [0.717, 1.165) is 23.0 Å². The number of nitrogens with one attached hydrogen (secondary N) is 3. The summed E-state index contributed by atoms with van der Waals surface area (Å²) in [7, 11) is 0. The zero-order valence-electron chi connectivity index (χ0n) is 18.0. The molecule has 3 N–H and O–H groups in total. The quantitative estimate of drug-likeness (QED) is 0.158. The highest BCUT2D eigenvalue weighted by molar-refractivity contribution is 7.99. The summed E-state index contributed by atoms with van der Waals surface area (Å²) in [5.41, 5.74) is 8.12. The molecule has 172 valence electrons. The van der Waals surface area contributed by atoms with E-state index >= 15 is 0 Å². The lowest BCUT2D eigenvalue weighted by Gasteiger charge is -2.14. The molecule has 0 unspecified atom stereocenters. The van der Waals surface area contributed by atoms with Gasteiger partial charge in [-0.2, -0.15) is 0 Å². The van der Waals surface area contributed by atoms with Crippen molar-refractivity contribution in [2.75, 3.05) is 11.1 Å². The molecule has 0 aliphatic carbocycles. The maximum atomic E-state index is 13.2. The maximum Gasteiger partial charge on any atom is 0.266 e. The summed E-state index contributed by atoms with van der Waals surface area (Å²) < 4.78 is 1.48. The molecular weight excluding hydrogens is 490 g/mol. The topological polar surface area (TPSA) is 88.1 Å². The van der Waals surface area contributed by atoms with Crippen LogP contribution in [0, 0.1) is 6.92 Å². The number of aromatic nitrogens is 2. The van der Waals surface area contributed by atoms with E-state index in [2.05, 4.69) is 21.2 Å². The number of thioether (sulfide) groups is 1. The Morgan fingerprint density at radius 2 is 1.74 bits per heavy atom. The number of carbonyl (C=O) groups is 1. The van der Waals surface area contributed by atoms with Crippen molar-refractivity contribution >= 4 is 63.2 Å². The number of halogens is 1. The lowest BCUT2D eigenvalue weighted by Crippen LogP contribution is -2.44. The summed E-state index contributed by atoms with van der Waals surface area (Å²) in [5, 5.41) is 4.68. The van der Waals surface area contributed by atoms with Gasteiger partial charge in [-0.25, -0.2) is 4.98 Å². The van der Waals surface area contributed by atoms with Crippen LogP contribution in [0.25, 0.3) is 16.6 Å². The van der Waals surface area contributed by atoms with Gasteiger partial charge in [0.05, 0.1) is 22.3 Å². The Morgan fingerprint density at radius 3 is 2.47 bits per heavy atom. The normalized spacial score (nSPS) is 10.6. The molecule has 0 aliphatic rings. The Labute approximate surface area is 210 Å². The van der Waals surface area contributed by atoms with Gasteiger partial charge < -0.3 is 5.32 Å². The molecule has 0 saturated carbocycles. The van der Waals surface area contributed by atoms with Crippen LogP contribution in [-0.2, 0) is 4.79 Å². The van der Waals surface area contributed by atoms with Crippen LogP contribution < -0.4 is 21.7 Å². The van der Waals surface area contributed by atoms with E-state index in [1.54, 1.807) is 42.5 Å². The van der Waals surface area contributed by atoms with Crippen LogP contribution in [-0.4, -0.2) is 26.3 Å². The number of carbonyl (C=O) groups excluding carboxylic acids is 1. The summed E-state index contributed by atoms with van der Waals surface area (Å²) in [6.45, 7) is 2.00. The first kappa shape index (κ1) is 23.7. The molecule has 4 rings (SSSR count). The van der Waals surface area contributed by atoms with Crippen LogP contribution in [0.15, 0.2) is 82.7 Å². The average molecular weight is 510 g/mol. The molecule has 4 aromatic rings. The summed E-state index contributed by atoms with van der Waals surface area (Å²) in [6.07, 6.45) is 0. The van der Waals surface area contributed by atoms with Crippen LogP contribution >= 0.6 is 35.6 Å². The van der Waals surface area contributed by atoms with Gasteiger partial charge >= 0.3 is 0 Å². The Bertz CT molecular complexity index is 1410. The summed E-state index contributed by atoms with van der Waals surface area (Å²) in [4.78, 5) is 30.3. The molecule has 7 nitrogen and oxygen atoms in total. The smallest absolute Gasteiger partial charge is 0.266 e. The number of hydrazine groups is 1. The number of benzene rings is 3. The molecule has 0 radical (unpaired) electrons. The van der Waals surface area contributed by atoms with Gasteiger partial charge in [0.1, 0.15) is 0 Å². The first-order valence-corrected chi connectivity index (χ1v) is 12.0. The van der Waals surface area contributed by atoms with Gasteiger partial charge in [-0.05, 0) is 67.7 Å². The molecule has 0 saturated heterocycles. The number of rotatable bonds is 5. The van der Waals surface area contributed by atoms with Gasteiger partial charge in [-0.15, -0.1) is 0 Å². The molecule has 3 aromatic carbocycles. The maximum absolute atomic E-state index is 13.2. The third-order valence-corrected chi connectivity index (χ3v) is 6.18. The molecule has 0 aliphatic heterocycles. The van der Waals surface area contributed by atoms with Crippen LogP contribution in [0.3, 0.4) is 0 Å². The number of anilines is 1. The molecule has 34 heavy (non-hydrogen) atoms. The Hall–Kier alpha value is -3.40. The predicted octanol–water partition coefficient (Wildman–Crippen LogP) is 4.46. The Balaban J connectivity index is 1.47. The second-order valence-electron chi connectivity index (χ2n) is 7.31. The fourth-order valence-electron chi connectivity index (χ4n) is 3.12. The molecule has 10 heteroatoms. The van der Waals surface area contributed by atoms with Crippen molar-refractivity contribution in [3.05, 3.63) is 93.7 Å². The highest BCUT2D eigenvalue weighted by atomic mass is 35.5. The van der Waals surface area contributed by atoms with Gasteiger partial charge in [0, 0.05) is 10.7 Å². The molecule has 0 fully saturated rings. The van der Waals surface area contributed by atoms with Crippen molar-refractivity contribution in [2.24, 2.45) is 0 Å². The summed E-state index contributed by atoms with van der Waals surface area (Å²) >= 11 is 12.4. The van der Waals surface area contributed by atoms with Crippen molar-refractivity contribution in [3.63, 3.8) is 0 Å². The van der Waals surface area contributed by atoms with E-state index < -0.39 is 0 Å². The van der Waals surface area contributed by atoms with Crippen molar-refractivity contribution < 1.29 is 4.79 Å². The number of aryl methyl sites for hydroxylation is 1. The SMILES string of the molecule is Cc1ccc(NC(=S)NNC(=O)CSc2nc3ccccc3c(=O)n2-c2ccc(Cl)cc2)cc1. The van der Waals surface area contributed by atoms with Gasteiger partial charge in [-0.3, -0.25) is 25.0 Å². The molecular formula is C24H20ClN5O2S2. The van der Waals surface area contributed by atoms with Crippen molar-refractivity contribution in [1.29, 1.82) is 0 Å². The number of hydrogen-bond donors (Lipinski definition) is 3. The van der Waals surface area contributed by atoms with E-state index in [1.165, 1.54) is 4.57 Å². The number of nitrogens with zero attached hydrogens (tertiary/aromatic N) is 2. The van der Waals surface area contributed by atoms with E-state index in [1.807, 2.05) is 37.3 Å². The van der Waals surface area contributed by atoms with E-state index in [4.69, 9.17) is 23.8 Å². The van der Waals surface area contributed by atoms with E-state index in [-0.39, 0.29) is 22.3 Å². The number of hydrogen-bond acceptors (Lipinski definition) is 5. The van der Waals surface area contributed by atoms with Gasteiger partial charge in [0.2, 0.25) is 5.91 Å². The second kappa shape index (κ2) is 10.7. The molecule has 1 amide bonds. The Kier molecular flexibility index (Phi) is 7.46. The standard InChI is InChI=1S/C24H20ClN5O2S2/c1-15-6-10-17(11-7-15)26-23(33)29-28-21(31)14-34-24-27-20-5-3-2-4-19(20)22(32)30(24)18-12-8-16(25)9-13-18/h2-13H,14H2,1H3,(H,28,31)(H2,26,29,33). The molecule has 0 atom stereocenters. The average Bonchev–Trinajstić information content (AvgIpc) is 2.84. The third-order valence-electron chi connectivity index (χ3n) is 4.79. The predicted molar refractivity (Wildman–Crippen MR) is 142 cm³/mol. The zero-order chi connectivity index (χ0) is 24.1. The number of amides is 1. The molecule has 1 aromatic heterocycles. The second-order valence-corrected chi connectivity index (χ2v) is 9.10. The number of fused-ring (bicyclic) bond motifs is 1. The molecule has 1 heterocycles. The zero-order valence-corrected chi connectivity index (χ0v) is 20.4. The first-order chi connectivity index (χ1) is 16.4. The Morgan fingerprint density at radius 1 is 1.03 bits per heavy atom. The fraction of sp³-hybridized carbons (Fsp3) is 0.0833. The van der Waals surface area contributed by atoms with Crippen LogP contribution in [0.1, 0.15) is 5.56 Å². The molecule has 0 spiro atoms. The van der Waals surface area contributed by atoms with Crippen LogP contribution in [0.2, 0.25) is 5.02 Å². The lowest BCUT2D eigenvalue weighted by molar-refractivity contribution is -0.119. The summed E-state index contributed by atoms with van der Waals surface area (Å²) in [6, 6.07) is 21.7. The highest BCUT2D eigenvalue weighted by Gasteiger charge is 2.15. The van der Waals surface area contributed by atoms with Crippen molar-refractivity contribution in [2.45, 2.75) is 12.1 Å². The minimum Gasteiger partial charge on any atom is -0.331 e. The van der Waals surface area contributed by atoms with E-state index in [9.17, 15) is 9.59 Å². The third kappa shape index (κ3) is 5.74. The number of thiocarbonyl (C=S) groups is 1. The summed E-state index contributed by atoms with van der Waals surface area (Å²) in [5.74, 6) is -0.318. The van der Waals surface area contributed by atoms with Crippen molar-refractivity contribution in [3.8, 4) is 5.69 Å². The van der Waals surface area contributed by atoms with Gasteiger partial charge in [0.25, 0.3) is 5.56 Å². The molecule has 0 bridgehead atoms. The fourth-order valence-corrected chi connectivity index (χ4v) is 4.23. The largest absolute Gasteiger partial charge is 0.331 e. The minimum atomic E-state index is -0.330. The first-order valence-electron chi connectivity index (χ1n) is 10.2. The van der Waals surface area contributed by atoms with Crippen LogP contribution in [0.5, 0.6) is 0 Å². The van der Waals surface area contributed by atoms with Gasteiger partial charge in [0.15, 0.2) is 10.3 Å². The minimum absolute atomic E-state index is 0.0124.